The van der Waals surface area contributed by atoms with Gasteiger partial charge >= 0.3 is 5.97 Å². The first-order valence-electron chi connectivity index (χ1n) is 7.60. The topological polar surface area (TPSA) is 102 Å². The summed E-state index contributed by atoms with van der Waals surface area (Å²) < 4.78 is 10.2. The molecule has 1 aromatic carbocycles. The van der Waals surface area contributed by atoms with Crippen LogP contribution in [-0.4, -0.2) is 36.3 Å². The van der Waals surface area contributed by atoms with Gasteiger partial charge in [0.15, 0.2) is 6.61 Å². The van der Waals surface area contributed by atoms with Gasteiger partial charge in [-0.1, -0.05) is 0 Å². The van der Waals surface area contributed by atoms with Crippen LogP contribution in [0.5, 0.6) is 5.75 Å². The highest BCUT2D eigenvalue weighted by atomic mass is 32.1. The quantitative estimate of drug-likeness (QED) is 0.464. The predicted octanol–water partition coefficient (Wildman–Crippen LogP) is 2.03. The number of carbonyl (C=O) groups is 2. The van der Waals surface area contributed by atoms with Crippen LogP contribution in [-0.2, 0) is 20.7 Å². The molecule has 0 radical (unpaired) electrons. The Morgan fingerprint density at radius 2 is 2.44 bits per heavy atom. The van der Waals surface area contributed by atoms with Gasteiger partial charge in [0, 0.05) is 5.38 Å². The highest BCUT2D eigenvalue weighted by molar-refractivity contribution is 7.13. The molecular weight excluding hydrogens is 344 g/mol. The summed E-state index contributed by atoms with van der Waals surface area (Å²) in [4.78, 5) is 27.0. The number of thiazole rings is 1. The lowest BCUT2D eigenvalue weighted by Crippen LogP contribution is -2.25. The molecule has 0 bridgehead atoms. The van der Waals surface area contributed by atoms with E-state index in [1.807, 2.05) is 6.07 Å². The van der Waals surface area contributed by atoms with Crippen molar-refractivity contribution in [2.75, 3.05) is 24.0 Å². The summed E-state index contributed by atoms with van der Waals surface area (Å²) >= 11 is 1.35. The highest BCUT2D eigenvalue weighted by Crippen LogP contribution is 2.27. The van der Waals surface area contributed by atoms with Crippen molar-refractivity contribution >= 4 is 40.2 Å². The van der Waals surface area contributed by atoms with Gasteiger partial charge in [-0.05, 0) is 30.7 Å². The summed E-state index contributed by atoms with van der Waals surface area (Å²) in [6.07, 6.45) is 1.74. The number of carbonyl (C=O) groups excluding carboxylic acids is 2. The van der Waals surface area contributed by atoms with E-state index in [0.717, 1.165) is 5.56 Å². The Bertz CT molecular complexity index is 818. The zero-order valence-corrected chi connectivity index (χ0v) is 14.3. The minimum Gasteiger partial charge on any atom is -0.482 e. The third kappa shape index (κ3) is 4.54. The van der Waals surface area contributed by atoms with Crippen LogP contribution in [0.1, 0.15) is 18.2 Å². The Balaban J connectivity index is 1.58. The van der Waals surface area contributed by atoms with Crippen LogP contribution >= 0.6 is 11.3 Å². The standard InChI is InChI=1S/C16H16N4O4S/c1-2-23-15(22)6-11-9-25-16(18-11)20-17-7-10-3-4-13-12(5-10)19-14(21)8-24-13/h3-5,7,9H,2,6,8H2,1H3,(H,18,20)(H,19,21). The largest absolute Gasteiger partial charge is 0.482 e. The lowest BCUT2D eigenvalue weighted by atomic mass is 10.2. The number of nitrogens with zero attached hydrogens (tertiary/aromatic N) is 2. The molecule has 0 fully saturated rings. The van der Waals surface area contributed by atoms with Crippen LogP contribution in [0, 0.1) is 0 Å². The van der Waals surface area contributed by atoms with Crippen LogP contribution in [0.3, 0.4) is 0 Å². The molecule has 1 aliphatic heterocycles. The second kappa shape index (κ2) is 7.75. The number of hydrazone groups is 1. The monoisotopic (exact) mass is 360 g/mol. The van der Waals surface area contributed by atoms with Crippen LogP contribution in [0.4, 0.5) is 10.8 Å². The number of rotatable bonds is 6. The first kappa shape index (κ1) is 16.9. The molecule has 1 aromatic heterocycles. The van der Waals surface area contributed by atoms with E-state index in [1.54, 1.807) is 30.7 Å². The molecule has 0 unspecified atom stereocenters. The van der Waals surface area contributed by atoms with E-state index in [4.69, 9.17) is 9.47 Å². The maximum atomic E-state index is 11.4. The molecule has 2 N–H and O–H groups in total. The fourth-order valence-corrected chi connectivity index (χ4v) is 2.80. The summed E-state index contributed by atoms with van der Waals surface area (Å²) in [5, 5.41) is 9.20. The Morgan fingerprint density at radius 1 is 1.56 bits per heavy atom. The van der Waals surface area contributed by atoms with Gasteiger partial charge in [0.25, 0.3) is 5.91 Å². The van der Waals surface area contributed by atoms with Gasteiger partial charge in [0.05, 0.1) is 30.6 Å². The number of hydrogen-bond acceptors (Lipinski definition) is 8. The Labute approximate surface area is 147 Å². The fraction of sp³-hybridized carbons (Fsp3) is 0.250. The molecule has 2 heterocycles. The van der Waals surface area contributed by atoms with Gasteiger partial charge < -0.3 is 14.8 Å². The molecule has 1 amide bonds. The maximum Gasteiger partial charge on any atom is 0.311 e. The van der Waals surface area contributed by atoms with Gasteiger partial charge in [-0.15, -0.1) is 11.3 Å². The molecule has 9 heteroatoms. The average Bonchev–Trinajstić information content (AvgIpc) is 3.02. The minimum absolute atomic E-state index is 0.0279. The molecule has 3 rings (SSSR count). The summed E-state index contributed by atoms with van der Waals surface area (Å²) in [6, 6.07) is 5.37. The van der Waals surface area contributed by atoms with Crippen LogP contribution in [0.15, 0.2) is 28.7 Å². The third-order valence-corrected chi connectivity index (χ3v) is 3.99. The highest BCUT2D eigenvalue weighted by Gasteiger charge is 2.15. The van der Waals surface area contributed by atoms with Crippen molar-refractivity contribution in [2.45, 2.75) is 13.3 Å². The van der Waals surface area contributed by atoms with Crippen molar-refractivity contribution in [1.29, 1.82) is 0 Å². The van der Waals surface area contributed by atoms with E-state index in [-0.39, 0.29) is 24.9 Å². The lowest BCUT2D eigenvalue weighted by Gasteiger charge is -2.17. The number of amides is 1. The number of nitrogens with one attached hydrogen (secondary N) is 2. The SMILES string of the molecule is CCOC(=O)Cc1csc(NN=Cc2ccc3c(c2)NC(=O)CO3)n1. The summed E-state index contributed by atoms with van der Waals surface area (Å²) in [5.41, 5.74) is 4.86. The van der Waals surface area contributed by atoms with E-state index < -0.39 is 0 Å². The van der Waals surface area contributed by atoms with E-state index in [2.05, 4.69) is 20.8 Å². The summed E-state index contributed by atoms with van der Waals surface area (Å²) in [7, 11) is 0. The predicted molar refractivity (Wildman–Crippen MR) is 94.2 cm³/mol. The smallest absolute Gasteiger partial charge is 0.311 e. The van der Waals surface area contributed by atoms with Gasteiger partial charge in [-0.2, -0.15) is 5.10 Å². The zero-order valence-electron chi connectivity index (χ0n) is 13.4. The molecule has 130 valence electrons. The van der Waals surface area contributed by atoms with Crippen LogP contribution in [0.25, 0.3) is 0 Å². The molecule has 0 spiro atoms. The normalized spacial score (nSPS) is 13.1. The number of ether oxygens (including phenoxy) is 2. The summed E-state index contributed by atoms with van der Waals surface area (Å²) in [5.74, 6) is 0.144. The van der Waals surface area contributed by atoms with Gasteiger partial charge in [0.1, 0.15) is 5.75 Å². The Morgan fingerprint density at radius 3 is 3.28 bits per heavy atom. The first-order valence-corrected chi connectivity index (χ1v) is 8.48. The second-order valence-corrected chi connectivity index (χ2v) is 5.95. The molecular formula is C16H16N4O4S. The zero-order chi connectivity index (χ0) is 17.6. The van der Waals surface area contributed by atoms with Crippen LogP contribution in [0.2, 0.25) is 0 Å². The number of aromatic nitrogens is 1. The van der Waals surface area contributed by atoms with E-state index in [1.165, 1.54) is 11.3 Å². The summed E-state index contributed by atoms with van der Waals surface area (Å²) in [6.45, 7) is 2.14. The molecule has 25 heavy (non-hydrogen) atoms. The Kier molecular flexibility index (Phi) is 5.24. The van der Waals surface area contributed by atoms with Gasteiger partial charge in [-0.3, -0.25) is 15.0 Å². The number of anilines is 2. The third-order valence-electron chi connectivity index (χ3n) is 3.19. The van der Waals surface area contributed by atoms with Crippen LogP contribution < -0.4 is 15.5 Å². The molecule has 0 atom stereocenters. The molecule has 0 saturated heterocycles. The average molecular weight is 360 g/mol. The van der Waals surface area contributed by atoms with Gasteiger partial charge in [-0.25, -0.2) is 4.98 Å². The fourth-order valence-electron chi connectivity index (χ4n) is 2.14. The molecule has 2 aromatic rings. The molecule has 1 aliphatic rings. The van der Waals surface area contributed by atoms with Crippen molar-refractivity contribution in [3.05, 3.63) is 34.8 Å². The second-order valence-electron chi connectivity index (χ2n) is 5.09. The maximum absolute atomic E-state index is 11.4. The Hall–Kier alpha value is -2.94. The number of benzene rings is 1. The first-order chi connectivity index (χ1) is 12.1. The molecule has 8 nitrogen and oxygen atoms in total. The number of fused-ring (bicyclic) bond motifs is 1. The molecule has 0 aliphatic carbocycles. The van der Waals surface area contributed by atoms with E-state index in [9.17, 15) is 9.59 Å². The molecule has 0 saturated carbocycles. The number of hydrogen-bond donors (Lipinski definition) is 2. The van der Waals surface area contributed by atoms with E-state index in [0.29, 0.717) is 28.9 Å². The van der Waals surface area contributed by atoms with Crippen molar-refractivity contribution < 1.29 is 19.1 Å². The van der Waals surface area contributed by atoms with Crippen molar-refractivity contribution in [3.8, 4) is 5.75 Å². The van der Waals surface area contributed by atoms with Crippen molar-refractivity contribution in [2.24, 2.45) is 5.10 Å². The van der Waals surface area contributed by atoms with Crippen molar-refractivity contribution in [3.63, 3.8) is 0 Å². The van der Waals surface area contributed by atoms with Crippen molar-refractivity contribution in [1.82, 2.24) is 4.98 Å². The lowest BCUT2D eigenvalue weighted by molar-refractivity contribution is -0.142. The number of esters is 1. The van der Waals surface area contributed by atoms with E-state index >= 15 is 0 Å². The minimum atomic E-state index is -0.304. The van der Waals surface area contributed by atoms with Gasteiger partial charge in [0.2, 0.25) is 5.13 Å².